The van der Waals surface area contributed by atoms with Crippen LogP contribution >= 0.6 is 0 Å². The first-order chi connectivity index (χ1) is 12.0. The standard InChI is InChI=1S/C16H16FN3O5/c17-12-13(22)10(8-21)25-15(12)20-7-6-11(19-16(20)24)18-14(23)9-4-2-1-3-5-9/h1-7,10,12-13,15,21-22H,8H2,(H,18,19,23,24)/t10-,12-,13-,15-/m1/s1. The Bertz CT molecular complexity index is 813. The number of alkyl halides is 1. The number of hydrogen-bond acceptors (Lipinski definition) is 6. The van der Waals surface area contributed by atoms with E-state index in [0.29, 0.717) is 5.56 Å². The maximum atomic E-state index is 14.1. The molecule has 1 fully saturated rings. The van der Waals surface area contributed by atoms with Crippen molar-refractivity contribution >= 4 is 11.7 Å². The Kier molecular flexibility index (Phi) is 4.88. The number of rotatable bonds is 4. The Morgan fingerprint density at radius 3 is 2.64 bits per heavy atom. The molecule has 0 spiro atoms. The molecule has 8 nitrogen and oxygen atoms in total. The number of aliphatic hydroxyl groups excluding tert-OH is 2. The number of carbonyl (C=O) groups excluding carboxylic acids is 1. The molecule has 4 atom stereocenters. The van der Waals surface area contributed by atoms with Crippen LogP contribution in [-0.4, -0.2) is 50.7 Å². The van der Waals surface area contributed by atoms with Gasteiger partial charge in [-0.25, -0.2) is 9.18 Å². The van der Waals surface area contributed by atoms with Crippen LogP contribution in [0.3, 0.4) is 0 Å². The monoisotopic (exact) mass is 349 g/mol. The highest BCUT2D eigenvalue weighted by molar-refractivity contribution is 6.03. The number of carbonyl (C=O) groups is 1. The molecular formula is C16H16FN3O5. The molecule has 132 valence electrons. The summed E-state index contributed by atoms with van der Waals surface area (Å²) in [6.45, 7) is -0.578. The van der Waals surface area contributed by atoms with E-state index in [1.807, 2.05) is 0 Å². The summed E-state index contributed by atoms with van der Waals surface area (Å²) in [6, 6.07) is 9.68. The number of ether oxygens (including phenoxy) is 1. The van der Waals surface area contributed by atoms with Crippen molar-refractivity contribution in [2.75, 3.05) is 11.9 Å². The second-order valence-corrected chi connectivity index (χ2v) is 5.51. The molecular weight excluding hydrogens is 333 g/mol. The highest BCUT2D eigenvalue weighted by atomic mass is 19.1. The molecule has 3 N–H and O–H groups in total. The number of aliphatic hydroxyl groups is 2. The van der Waals surface area contributed by atoms with Crippen molar-refractivity contribution < 1.29 is 24.1 Å². The number of anilines is 1. The van der Waals surface area contributed by atoms with Crippen LogP contribution in [-0.2, 0) is 4.74 Å². The van der Waals surface area contributed by atoms with Crippen molar-refractivity contribution in [2.45, 2.75) is 24.6 Å². The lowest BCUT2D eigenvalue weighted by Crippen LogP contribution is -2.33. The zero-order valence-corrected chi connectivity index (χ0v) is 12.9. The van der Waals surface area contributed by atoms with Crippen molar-refractivity contribution in [3.63, 3.8) is 0 Å². The van der Waals surface area contributed by atoms with Gasteiger partial charge in [0, 0.05) is 11.8 Å². The summed E-state index contributed by atoms with van der Waals surface area (Å²) in [5.74, 6) is -0.440. The van der Waals surface area contributed by atoms with Crippen LogP contribution in [0.2, 0.25) is 0 Å². The molecule has 1 aromatic heterocycles. The molecule has 2 aromatic rings. The van der Waals surface area contributed by atoms with Gasteiger partial charge in [0.1, 0.15) is 18.0 Å². The zero-order chi connectivity index (χ0) is 18.0. The number of halogens is 1. The normalized spacial score (nSPS) is 25.7. The van der Waals surface area contributed by atoms with E-state index in [4.69, 9.17) is 9.84 Å². The number of nitrogens with zero attached hydrogens (tertiary/aromatic N) is 2. The van der Waals surface area contributed by atoms with E-state index >= 15 is 0 Å². The van der Waals surface area contributed by atoms with Gasteiger partial charge in [-0.2, -0.15) is 4.98 Å². The third kappa shape index (κ3) is 3.43. The van der Waals surface area contributed by atoms with Gasteiger partial charge in [0.05, 0.1) is 6.61 Å². The molecule has 1 aromatic carbocycles. The quantitative estimate of drug-likeness (QED) is 0.721. The van der Waals surface area contributed by atoms with Gasteiger partial charge in [-0.1, -0.05) is 18.2 Å². The maximum absolute atomic E-state index is 14.1. The molecule has 0 aliphatic carbocycles. The zero-order valence-electron chi connectivity index (χ0n) is 12.9. The van der Waals surface area contributed by atoms with Crippen LogP contribution < -0.4 is 11.0 Å². The van der Waals surface area contributed by atoms with Crippen LogP contribution in [0.5, 0.6) is 0 Å². The average Bonchev–Trinajstić information content (AvgIpc) is 2.91. The van der Waals surface area contributed by atoms with Crippen LogP contribution in [0.25, 0.3) is 0 Å². The SMILES string of the molecule is O=C(Nc1ccn([C@@H]2O[C@H](CO)[C@@H](O)[C@H]2F)c(=O)n1)c1ccccc1. The largest absolute Gasteiger partial charge is 0.394 e. The highest BCUT2D eigenvalue weighted by Crippen LogP contribution is 2.30. The topological polar surface area (TPSA) is 114 Å². The lowest BCUT2D eigenvalue weighted by Gasteiger charge is -2.16. The Hall–Kier alpha value is -2.62. The highest BCUT2D eigenvalue weighted by Gasteiger charge is 2.45. The molecule has 25 heavy (non-hydrogen) atoms. The van der Waals surface area contributed by atoms with Gasteiger partial charge in [0.15, 0.2) is 12.4 Å². The smallest absolute Gasteiger partial charge is 0.351 e. The lowest BCUT2D eigenvalue weighted by molar-refractivity contribution is -0.0490. The predicted molar refractivity (Wildman–Crippen MR) is 84.8 cm³/mol. The van der Waals surface area contributed by atoms with Crippen molar-refractivity contribution in [2.24, 2.45) is 0 Å². The van der Waals surface area contributed by atoms with E-state index in [1.165, 1.54) is 12.3 Å². The van der Waals surface area contributed by atoms with Crippen molar-refractivity contribution in [1.82, 2.24) is 9.55 Å². The second kappa shape index (κ2) is 7.09. The van der Waals surface area contributed by atoms with Crippen LogP contribution in [0, 0.1) is 0 Å². The Labute approximate surface area is 141 Å². The number of aromatic nitrogens is 2. The summed E-state index contributed by atoms with van der Waals surface area (Å²) in [5.41, 5.74) is -0.463. The van der Waals surface area contributed by atoms with Gasteiger partial charge in [0.25, 0.3) is 5.91 Å². The van der Waals surface area contributed by atoms with Gasteiger partial charge in [-0.15, -0.1) is 0 Å². The fraction of sp³-hybridized carbons (Fsp3) is 0.312. The summed E-state index contributed by atoms with van der Waals surface area (Å²) in [7, 11) is 0. The minimum atomic E-state index is -1.89. The van der Waals surface area contributed by atoms with E-state index in [0.717, 1.165) is 4.57 Å². The summed E-state index contributed by atoms with van der Waals surface area (Å²) in [6.07, 6.45) is -4.74. The van der Waals surface area contributed by atoms with Crippen LogP contribution in [0.1, 0.15) is 16.6 Å². The summed E-state index contributed by atoms with van der Waals surface area (Å²) in [5, 5.41) is 21.1. The lowest BCUT2D eigenvalue weighted by atomic mass is 10.1. The molecule has 3 rings (SSSR count). The van der Waals surface area contributed by atoms with Gasteiger partial charge in [-0.05, 0) is 18.2 Å². The fourth-order valence-corrected chi connectivity index (χ4v) is 2.53. The molecule has 2 heterocycles. The van der Waals surface area contributed by atoms with Crippen LogP contribution in [0.15, 0.2) is 47.4 Å². The van der Waals surface area contributed by atoms with Crippen molar-refractivity contribution in [3.05, 3.63) is 58.6 Å². The van der Waals surface area contributed by atoms with E-state index in [1.54, 1.807) is 30.3 Å². The molecule has 0 bridgehead atoms. The Morgan fingerprint density at radius 1 is 1.32 bits per heavy atom. The molecule has 9 heteroatoms. The fourth-order valence-electron chi connectivity index (χ4n) is 2.53. The van der Waals surface area contributed by atoms with E-state index in [9.17, 15) is 19.1 Å². The molecule has 0 saturated carbocycles. The molecule has 1 saturated heterocycles. The first kappa shape index (κ1) is 17.2. The molecule has 1 amide bonds. The minimum Gasteiger partial charge on any atom is -0.394 e. The number of benzene rings is 1. The summed E-state index contributed by atoms with van der Waals surface area (Å²) in [4.78, 5) is 27.8. The molecule has 0 unspecified atom stereocenters. The summed E-state index contributed by atoms with van der Waals surface area (Å²) >= 11 is 0. The minimum absolute atomic E-state index is 0.00256. The van der Waals surface area contributed by atoms with E-state index < -0.39 is 42.8 Å². The number of amides is 1. The van der Waals surface area contributed by atoms with Gasteiger partial charge in [-0.3, -0.25) is 9.36 Å². The molecule has 1 aliphatic heterocycles. The van der Waals surface area contributed by atoms with E-state index in [2.05, 4.69) is 10.3 Å². The first-order valence-corrected chi connectivity index (χ1v) is 7.55. The third-order valence-corrected chi connectivity index (χ3v) is 3.86. The summed E-state index contributed by atoms with van der Waals surface area (Å²) < 4.78 is 20.1. The average molecular weight is 349 g/mol. The second-order valence-electron chi connectivity index (χ2n) is 5.51. The molecule has 0 radical (unpaired) electrons. The van der Waals surface area contributed by atoms with Crippen molar-refractivity contribution in [3.8, 4) is 0 Å². The van der Waals surface area contributed by atoms with Gasteiger partial charge in [0.2, 0.25) is 0 Å². The van der Waals surface area contributed by atoms with Gasteiger partial charge >= 0.3 is 5.69 Å². The van der Waals surface area contributed by atoms with E-state index in [-0.39, 0.29) is 5.82 Å². The Morgan fingerprint density at radius 2 is 2.04 bits per heavy atom. The van der Waals surface area contributed by atoms with Gasteiger partial charge < -0.3 is 20.3 Å². The number of hydrogen-bond donors (Lipinski definition) is 3. The number of nitrogens with one attached hydrogen (secondary N) is 1. The first-order valence-electron chi connectivity index (χ1n) is 7.55. The Balaban J connectivity index is 1.78. The molecule has 1 aliphatic rings. The third-order valence-electron chi connectivity index (χ3n) is 3.86. The predicted octanol–water partition coefficient (Wildman–Crippen LogP) is 0.0843. The van der Waals surface area contributed by atoms with Crippen molar-refractivity contribution in [1.29, 1.82) is 0 Å². The van der Waals surface area contributed by atoms with Crippen LogP contribution in [0.4, 0.5) is 10.2 Å². The maximum Gasteiger partial charge on any atom is 0.351 e.